The molecule has 0 aromatic carbocycles. The molecule has 0 spiro atoms. The first-order valence-electron chi connectivity index (χ1n) is 7.11. The summed E-state index contributed by atoms with van der Waals surface area (Å²) in [4.78, 5) is 12.1. The topological polar surface area (TPSA) is 138 Å². The van der Waals surface area contributed by atoms with Crippen LogP contribution in [0.2, 0.25) is 0 Å². The summed E-state index contributed by atoms with van der Waals surface area (Å²) in [5, 5.41) is 9.82. The van der Waals surface area contributed by atoms with Crippen LogP contribution in [0.4, 0.5) is 0 Å². The quantitative estimate of drug-likeness (QED) is 0.347. The van der Waals surface area contributed by atoms with Crippen molar-refractivity contribution in [3.8, 4) is 0 Å². The maximum atomic E-state index is 12.1. The molecule has 0 bridgehead atoms. The van der Waals surface area contributed by atoms with Crippen LogP contribution in [0.25, 0.3) is 0 Å². The molecule has 1 fully saturated rings. The first-order chi connectivity index (χ1) is 10.2. The van der Waals surface area contributed by atoms with Gasteiger partial charge in [-0.15, -0.1) is 0 Å². The lowest BCUT2D eigenvalue weighted by molar-refractivity contribution is -0.890. The summed E-state index contributed by atoms with van der Waals surface area (Å²) < 4.78 is 56.0. The Hall–Kier alpha value is -0.750. The van der Waals surface area contributed by atoms with E-state index in [-0.39, 0.29) is 13.0 Å². The number of carbonyl (C=O) groups excluding carboxylic acids is 1. The van der Waals surface area contributed by atoms with Crippen molar-refractivity contribution < 1.29 is 35.8 Å². The highest BCUT2D eigenvalue weighted by Crippen LogP contribution is 2.29. The van der Waals surface area contributed by atoms with Crippen LogP contribution in [0.1, 0.15) is 13.3 Å². The van der Waals surface area contributed by atoms with Gasteiger partial charge in [0.25, 0.3) is 10.1 Å². The van der Waals surface area contributed by atoms with E-state index in [2.05, 4.69) is 5.32 Å². The molecule has 1 saturated heterocycles. The molecule has 136 valence electrons. The second-order valence-corrected chi connectivity index (χ2v) is 10.6. The summed E-state index contributed by atoms with van der Waals surface area (Å²) >= 11 is 0. The molecule has 0 radical (unpaired) electrons. The summed E-state index contributed by atoms with van der Waals surface area (Å²) in [6, 6.07) is 0. The molecule has 1 amide bonds. The predicted molar refractivity (Wildman–Crippen MR) is 84.1 cm³/mol. The number of amides is 1. The van der Waals surface area contributed by atoms with Crippen molar-refractivity contribution in [3.05, 3.63) is 0 Å². The Morgan fingerprint density at radius 3 is 2.39 bits per heavy atom. The highest BCUT2D eigenvalue weighted by atomic mass is 32.2. The second-order valence-electron chi connectivity index (χ2n) is 6.88. The minimum absolute atomic E-state index is 0.0323. The van der Waals surface area contributed by atoms with Crippen molar-refractivity contribution in [1.82, 2.24) is 5.32 Å². The molecule has 2 atom stereocenters. The van der Waals surface area contributed by atoms with Crippen molar-refractivity contribution in [1.29, 1.82) is 0 Å². The van der Waals surface area contributed by atoms with E-state index in [4.69, 9.17) is 5.11 Å². The Morgan fingerprint density at radius 1 is 1.35 bits per heavy atom. The van der Waals surface area contributed by atoms with Gasteiger partial charge in [0.1, 0.15) is 11.8 Å². The molecule has 0 saturated carbocycles. The molecular weight excluding hydrogens is 348 g/mol. The van der Waals surface area contributed by atoms with E-state index < -0.39 is 48.2 Å². The number of sulfone groups is 1. The number of nitrogens with one attached hydrogen (secondary N) is 1. The molecule has 0 aromatic rings. The molecule has 1 aliphatic rings. The molecule has 0 aromatic heterocycles. The SMILES string of the molecule is C[C@]1(NC(=O)CC[N+](C)(C)CCO)CS(=O)(=O)C[C@@H]1S(=O)(=O)O. The zero-order valence-corrected chi connectivity index (χ0v) is 15.2. The highest BCUT2D eigenvalue weighted by Gasteiger charge is 2.54. The van der Waals surface area contributed by atoms with Gasteiger partial charge in [-0.25, -0.2) is 8.42 Å². The number of aliphatic hydroxyl groups is 1. The number of likely N-dealkylation sites (N-methyl/N-ethyl adjacent to an activating group) is 1. The van der Waals surface area contributed by atoms with Crippen LogP contribution in [0.3, 0.4) is 0 Å². The monoisotopic (exact) mass is 373 g/mol. The van der Waals surface area contributed by atoms with Gasteiger partial charge < -0.3 is 14.9 Å². The fourth-order valence-corrected chi connectivity index (χ4v) is 7.07. The molecule has 1 aliphatic heterocycles. The van der Waals surface area contributed by atoms with Gasteiger partial charge in [0.05, 0.1) is 50.7 Å². The van der Waals surface area contributed by atoms with Crippen molar-refractivity contribution in [2.24, 2.45) is 0 Å². The third kappa shape index (κ3) is 5.68. The first-order valence-corrected chi connectivity index (χ1v) is 10.4. The van der Waals surface area contributed by atoms with E-state index >= 15 is 0 Å². The smallest absolute Gasteiger partial charge is 0.271 e. The van der Waals surface area contributed by atoms with Crippen molar-refractivity contribution in [2.45, 2.75) is 24.1 Å². The summed E-state index contributed by atoms with van der Waals surface area (Å²) in [6.07, 6.45) is 0.0425. The standard InChI is InChI=1S/C12H24N2O7S2/c1-12(9-22(17,18)8-10(12)23(19,20)21)13-11(16)4-5-14(2,3)6-7-15/h10,15H,4-9H2,1-3H3,(H-,13,16,19,20,21)/p+1/t10-,12-/m0/s1. The maximum absolute atomic E-state index is 12.1. The van der Waals surface area contributed by atoms with Crippen molar-refractivity contribution in [2.75, 3.05) is 45.3 Å². The third-order valence-electron chi connectivity index (χ3n) is 4.07. The van der Waals surface area contributed by atoms with Gasteiger partial charge in [0.2, 0.25) is 5.91 Å². The lowest BCUT2D eigenvalue weighted by Gasteiger charge is -2.31. The Morgan fingerprint density at radius 2 is 1.91 bits per heavy atom. The predicted octanol–water partition coefficient (Wildman–Crippen LogP) is -2.00. The van der Waals surface area contributed by atoms with Gasteiger partial charge in [0, 0.05) is 0 Å². The second kappa shape index (κ2) is 6.63. The molecule has 3 N–H and O–H groups in total. The van der Waals surface area contributed by atoms with Gasteiger partial charge in [-0.1, -0.05) is 0 Å². The van der Waals surface area contributed by atoms with Crippen LogP contribution in [-0.4, -0.2) is 93.0 Å². The lowest BCUT2D eigenvalue weighted by atomic mass is 10.0. The average Bonchev–Trinajstić information content (AvgIpc) is 2.56. The van der Waals surface area contributed by atoms with Crippen LogP contribution >= 0.6 is 0 Å². The maximum Gasteiger partial charge on any atom is 0.271 e. The Bertz CT molecular complexity index is 657. The number of carbonyl (C=O) groups is 1. The molecule has 1 rings (SSSR count). The Labute approximate surface area is 136 Å². The molecule has 0 unspecified atom stereocenters. The average molecular weight is 373 g/mol. The molecule has 23 heavy (non-hydrogen) atoms. The summed E-state index contributed by atoms with van der Waals surface area (Å²) in [6.45, 7) is 2.12. The van der Waals surface area contributed by atoms with Crippen LogP contribution in [0.5, 0.6) is 0 Å². The number of nitrogens with zero attached hydrogens (tertiary/aromatic N) is 1. The molecule has 9 nitrogen and oxygen atoms in total. The molecule has 1 heterocycles. The largest absolute Gasteiger partial charge is 0.391 e. The highest BCUT2D eigenvalue weighted by molar-refractivity contribution is 7.94. The van der Waals surface area contributed by atoms with Crippen molar-refractivity contribution >= 4 is 25.9 Å². The summed E-state index contributed by atoms with van der Waals surface area (Å²) in [7, 11) is -4.63. The zero-order valence-electron chi connectivity index (χ0n) is 13.5. The van der Waals surface area contributed by atoms with Crippen LogP contribution in [-0.2, 0) is 24.7 Å². The molecule has 11 heteroatoms. The summed E-state index contributed by atoms with van der Waals surface area (Å²) in [5.41, 5.74) is -1.56. The zero-order chi connectivity index (χ0) is 18.1. The fraction of sp³-hybridized carbons (Fsp3) is 0.917. The van der Waals surface area contributed by atoms with Gasteiger partial charge in [-0.3, -0.25) is 9.35 Å². The number of hydrogen-bond acceptors (Lipinski definition) is 6. The van der Waals surface area contributed by atoms with E-state index in [0.717, 1.165) is 0 Å². The normalized spacial score (nSPS) is 27.8. The van der Waals surface area contributed by atoms with Crippen LogP contribution in [0.15, 0.2) is 0 Å². The van der Waals surface area contributed by atoms with Crippen LogP contribution < -0.4 is 5.32 Å². The van der Waals surface area contributed by atoms with Crippen molar-refractivity contribution in [3.63, 3.8) is 0 Å². The van der Waals surface area contributed by atoms with E-state index in [0.29, 0.717) is 17.6 Å². The minimum Gasteiger partial charge on any atom is -0.391 e. The number of aliphatic hydroxyl groups excluding tert-OH is 1. The third-order valence-corrected chi connectivity index (χ3v) is 7.57. The Balaban J connectivity index is 2.82. The number of rotatable bonds is 7. The van der Waals surface area contributed by atoms with Gasteiger partial charge >= 0.3 is 0 Å². The number of hydrogen-bond donors (Lipinski definition) is 3. The van der Waals surface area contributed by atoms with E-state index in [1.165, 1.54) is 6.92 Å². The fourth-order valence-electron chi connectivity index (χ4n) is 2.72. The minimum atomic E-state index is -4.61. The molecular formula is C12H25N2O7S2+. The number of quaternary nitrogens is 1. The Kier molecular flexibility index (Phi) is 5.85. The van der Waals surface area contributed by atoms with E-state index in [9.17, 15) is 26.2 Å². The van der Waals surface area contributed by atoms with Gasteiger partial charge in [-0.2, -0.15) is 8.42 Å². The van der Waals surface area contributed by atoms with Gasteiger partial charge in [-0.05, 0) is 6.92 Å². The van der Waals surface area contributed by atoms with E-state index in [1.807, 2.05) is 14.1 Å². The summed E-state index contributed by atoms with van der Waals surface area (Å²) in [5.74, 6) is -1.75. The first kappa shape index (κ1) is 20.3. The van der Waals surface area contributed by atoms with Gasteiger partial charge in [0.15, 0.2) is 9.84 Å². The van der Waals surface area contributed by atoms with E-state index in [1.54, 1.807) is 0 Å². The van der Waals surface area contributed by atoms with Crippen LogP contribution in [0, 0.1) is 0 Å². The molecule has 0 aliphatic carbocycles. The lowest BCUT2D eigenvalue weighted by Crippen LogP contribution is -2.57.